The van der Waals surface area contributed by atoms with Crippen LogP contribution >= 0.6 is 0 Å². The van der Waals surface area contributed by atoms with E-state index in [0.717, 1.165) is 36.3 Å². The number of esters is 1. The van der Waals surface area contributed by atoms with Crippen LogP contribution in [0.4, 0.5) is 0 Å². The number of carbonyl (C=O) groups excluding carboxylic acids is 1. The molecular weight excluding hydrogens is 276 g/mol. The second kappa shape index (κ2) is 7.30. The zero-order valence-electron chi connectivity index (χ0n) is 14.7. The van der Waals surface area contributed by atoms with Crippen molar-refractivity contribution in [3.63, 3.8) is 0 Å². The number of rotatable bonds is 5. The van der Waals surface area contributed by atoms with Crippen molar-refractivity contribution in [1.82, 2.24) is 9.78 Å². The number of aromatic nitrogens is 2. The first-order chi connectivity index (χ1) is 10.4. The number of aryl methyl sites for hydroxylation is 1. The van der Waals surface area contributed by atoms with Gasteiger partial charge in [-0.1, -0.05) is 27.2 Å². The van der Waals surface area contributed by atoms with E-state index in [1.165, 1.54) is 12.8 Å². The highest BCUT2D eigenvalue weighted by Crippen LogP contribution is 2.26. The van der Waals surface area contributed by atoms with Gasteiger partial charge < -0.3 is 4.74 Å². The molecule has 1 aliphatic carbocycles. The Labute approximate surface area is 134 Å². The highest BCUT2D eigenvalue weighted by molar-refractivity contribution is 5.73. The van der Waals surface area contributed by atoms with Crippen LogP contribution in [0.15, 0.2) is 0 Å². The molecule has 2 unspecified atom stereocenters. The molecule has 0 aromatic carbocycles. The van der Waals surface area contributed by atoms with E-state index in [-0.39, 0.29) is 12.1 Å². The summed E-state index contributed by atoms with van der Waals surface area (Å²) in [4.78, 5) is 12.3. The Bertz CT molecular complexity index is 519. The molecule has 0 amide bonds. The standard InChI is InChI=1S/C18H30N2O2/c1-12(2)11-20-15(5)17(14(4)19-20)10-18(21)22-16-8-6-7-13(3)9-16/h12-13,16H,6-11H2,1-5H3. The summed E-state index contributed by atoms with van der Waals surface area (Å²) in [7, 11) is 0. The molecule has 0 N–H and O–H groups in total. The highest BCUT2D eigenvalue weighted by Gasteiger charge is 2.23. The van der Waals surface area contributed by atoms with Crippen LogP contribution < -0.4 is 0 Å². The van der Waals surface area contributed by atoms with Crippen LogP contribution in [-0.2, 0) is 22.5 Å². The predicted octanol–water partition coefficient (Wildman–Crippen LogP) is 3.82. The lowest BCUT2D eigenvalue weighted by atomic mass is 9.89. The number of carbonyl (C=O) groups is 1. The van der Waals surface area contributed by atoms with Crippen molar-refractivity contribution >= 4 is 5.97 Å². The smallest absolute Gasteiger partial charge is 0.310 e. The third-order valence-electron chi connectivity index (χ3n) is 4.58. The Morgan fingerprint density at radius 3 is 2.73 bits per heavy atom. The molecule has 1 heterocycles. The van der Waals surface area contributed by atoms with Gasteiger partial charge in [0.1, 0.15) is 6.10 Å². The van der Waals surface area contributed by atoms with Crippen LogP contribution in [0.1, 0.15) is 63.4 Å². The second-order valence-corrected chi connectivity index (χ2v) is 7.29. The van der Waals surface area contributed by atoms with Crippen molar-refractivity contribution in [3.8, 4) is 0 Å². The summed E-state index contributed by atoms with van der Waals surface area (Å²) in [5.41, 5.74) is 3.08. The monoisotopic (exact) mass is 306 g/mol. The lowest BCUT2D eigenvalue weighted by molar-refractivity contribution is -0.150. The van der Waals surface area contributed by atoms with Gasteiger partial charge in [0.05, 0.1) is 12.1 Å². The van der Waals surface area contributed by atoms with Gasteiger partial charge in [0.2, 0.25) is 0 Å². The lowest BCUT2D eigenvalue weighted by Crippen LogP contribution is -2.25. The zero-order chi connectivity index (χ0) is 16.3. The Morgan fingerprint density at radius 1 is 1.36 bits per heavy atom. The molecule has 0 radical (unpaired) electrons. The van der Waals surface area contributed by atoms with Crippen LogP contribution in [0, 0.1) is 25.7 Å². The molecule has 0 saturated heterocycles. The first-order valence-corrected chi connectivity index (χ1v) is 8.59. The Balaban J connectivity index is 1.97. The maximum Gasteiger partial charge on any atom is 0.310 e. The first-order valence-electron chi connectivity index (χ1n) is 8.59. The van der Waals surface area contributed by atoms with Crippen LogP contribution in [0.25, 0.3) is 0 Å². The molecule has 1 aromatic rings. The summed E-state index contributed by atoms with van der Waals surface area (Å²) in [6.45, 7) is 11.5. The molecule has 1 saturated carbocycles. The quantitative estimate of drug-likeness (QED) is 0.777. The fraction of sp³-hybridized carbons (Fsp3) is 0.778. The van der Waals surface area contributed by atoms with Gasteiger partial charge in [-0.15, -0.1) is 0 Å². The van der Waals surface area contributed by atoms with Crippen molar-refractivity contribution in [2.24, 2.45) is 11.8 Å². The normalized spacial score (nSPS) is 22.1. The largest absolute Gasteiger partial charge is 0.462 e. The molecule has 1 fully saturated rings. The Hall–Kier alpha value is -1.32. The molecule has 1 aliphatic rings. The summed E-state index contributed by atoms with van der Waals surface area (Å²) in [6, 6.07) is 0. The fourth-order valence-corrected chi connectivity index (χ4v) is 3.37. The Morgan fingerprint density at radius 2 is 2.09 bits per heavy atom. The van der Waals surface area contributed by atoms with Gasteiger partial charge in [-0.2, -0.15) is 5.10 Å². The minimum absolute atomic E-state index is 0.102. The maximum absolute atomic E-state index is 12.3. The van der Waals surface area contributed by atoms with E-state index in [1.807, 2.05) is 18.5 Å². The third-order valence-corrected chi connectivity index (χ3v) is 4.58. The molecule has 4 nitrogen and oxygen atoms in total. The summed E-state index contributed by atoms with van der Waals surface area (Å²) in [6.07, 6.45) is 4.91. The predicted molar refractivity (Wildman–Crippen MR) is 87.8 cm³/mol. The fourth-order valence-electron chi connectivity index (χ4n) is 3.37. The van der Waals surface area contributed by atoms with Crippen molar-refractivity contribution in [2.45, 2.75) is 79.4 Å². The summed E-state index contributed by atoms with van der Waals surface area (Å²) in [5.74, 6) is 1.11. The van der Waals surface area contributed by atoms with Gasteiger partial charge in [0, 0.05) is 17.8 Å². The molecule has 124 valence electrons. The number of nitrogens with zero attached hydrogens (tertiary/aromatic N) is 2. The van der Waals surface area contributed by atoms with E-state index >= 15 is 0 Å². The Kier molecular flexibility index (Phi) is 5.65. The SMILES string of the molecule is Cc1nn(CC(C)C)c(C)c1CC(=O)OC1CCCC(C)C1. The van der Waals surface area contributed by atoms with Crippen LogP contribution in [0.2, 0.25) is 0 Å². The number of hydrogen-bond acceptors (Lipinski definition) is 3. The first kappa shape index (κ1) is 17.0. The number of hydrogen-bond donors (Lipinski definition) is 0. The van der Waals surface area contributed by atoms with E-state index in [4.69, 9.17) is 4.74 Å². The molecule has 0 spiro atoms. The molecule has 22 heavy (non-hydrogen) atoms. The van der Waals surface area contributed by atoms with E-state index in [0.29, 0.717) is 18.3 Å². The minimum Gasteiger partial charge on any atom is -0.462 e. The molecule has 0 aliphatic heterocycles. The van der Waals surface area contributed by atoms with Crippen molar-refractivity contribution in [3.05, 3.63) is 17.0 Å². The summed E-state index contributed by atoms with van der Waals surface area (Å²) >= 11 is 0. The molecule has 0 bridgehead atoms. The lowest BCUT2D eigenvalue weighted by Gasteiger charge is -2.26. The van der Waals surface area contributed by atoms with Gasteiger partial charge in [0.15, 0.2) is 0 Å². The molecule has 4 heteroatoms. The van der Waals surface area contributed by atoms with Crippen LogP contribution in [-0.4, -0.2) is 21.9 Å². The van der Waals surface area contributed by atoms with Gasteiger partial charge in [-0.25, -0.2) is 0 Å². The molecule has 2 atom stereocenters. The summed E-state index contributed by atoms with van der Waals surface area (Å²) in [5, 5.41) is 4.57. The topological polar surface area (TPSA) is 44.1 Å². The summed E-state index contributed by atoms with van der Waals surface area (Å²) < 4.78 is 7.71. The third kappa shape index (κ3) is 4.34. The van der Waals surface area contributed by atoms with Gasteiger partial charge in [-0.3, -0.25) is 9.48 Å². The zero-order valence-corrected chi connectivity index (χ0v) is 14.7. The van der Waals surface area contributed by atoms with Crippen molar-refractivity contribution < 1.29 is 9.53 Å². The maximum atomic E-state index is 12.3. The average Bonchev–Trinajstić information content (AvgIpc) is 2.66. The van der Waals surface area contributed by atoms with Crippen molar-refractivity contribution in [1.29, 1.82) is 0 Å². The van der Waals surface area contributed by atoms with E-state index in [2.05, 4.69) is 25.9 Å². The molecule has 1 aromatic heterocycles. The van der Waals surface area contributed by atoms with Crippen molar-refractivity contribution in [2.75, 3.05) is 0 Å². The highest BCUT2D eigenvalue weighted by atomic mass is 16.5. The average molecular weight is 306 g/mol. The van der Waals surface area contributed by atoms with Gasteiger partial charge in [-0.05, 0) is 44.9 Å². The molecular formula is C18H30N2O2. The van der Waals surface area contributed by atoms with E-state index in [1.54, 1.807) is 0 Å². The van der Waals surface area contributed by atoms with E-state index in [9.17, 15) is 4.79 Å². The van der Waals surface area contributed by atoms with Gasteiger partial charge in [0.25, 0.3) is 0 Å². The minimum atomic E-state index is -0.102. The van der Waals surface area contributed by atoms with Crippen LogP contribution in [0.3, 0.4) is 0 Å². The van der Waals surface area contributed by atoms with Crippen LogP contribution in [0.5, 0.6) is 0 Å². The molecule has 2 rings (SSSR count). The van der Waals surface area contributed by atoms with E-state index < -0.39 is 0 Å². The number of ether oxygens (including phenoxy) is 1. The van der Waals surface area contributed by atoms with Gasteiger partial charge >= 0.3 is 5.97 Å². The second-order valence-electron chi connectivity index (χ2n) is 7.29.